The first-order valence-corrected chi connectivity index (χ1v) is 7.46. The van der Waals surface area contributed by atoms with Crippen molar-refractivity contribution in [3.05, 3.63) is 52.5 Å². The van der Waals surface area contributed by atoms with E-state index in [1.165, 1.54) is 4.90 Å². The van der Waals surface area contributed by atoms with E-state index in [9.17, 15) is 5.11 Å². The largest absolute Gasteiger partial charge is 0.457 e. The zero-order chi connectivity index (χ0) is 13.0. The first-order chi connectivity index (χ1) is 8.72. The Balaban J connectivity index is 2.24. The lowest BCUT2D eigenvalue weighted by Gasteiger charge is -2.10. The summed E-state index contributed by atoms with van der Waals surface area (Å²) >= 11 is 5.09. The molecule has 0 heterocycles. The Labute approximate surface area is 119 Å². The zero-order valence-corrected chi connectivity index (χ0v) is 12.3. The summed E-state index contributed by atoms with van der Waals surface area (Å²) in [4.78, 5) is 1.19. The summed E-state index contributed by atoms with van der Waals surface area (Å²) in [6, 6.07) is 13.5. The number of thioether (sulfide) groups is 1. The molecule has 0 fully saturated rings. The average Bonchev–Trinajstić information content (AvgIpc) is 2.40. The maximum Gasteiger partial charge on any atom is 0.134 e. The first kappa shape index (κ1) is 13.5. The molecular formula is C14H13BrO2S. The van der Waals surface area contributed by atoms with E-state index in [0.29, 0.717) is 5.75 Å². The van der Waals surface area contributed by atoms with E-state index in [1.54, 1.807) is 11.8 Å². The lowest BCUT2D eigenvalue weighted by atomic mass is 10.2. The van der Waals surface area contributed by atoms with Crippen molar-refractivity contribution in [1.82, 2.24) is 0 Å². The third kappa shape index (κ3) is 3.28. The van der Waals surface area contributed by atoms with E-state index in [-0.39, 0.29) is 6.61 Å². The van der Waals surface area contributed by atoms with E-state index in [2.05, 4.69) is 15.9 Å². The van der Waals surface area contributed by atoms with E-state index in [4.69, 9.17) is 4.74 Å². The van der Waals surface area contributed by atoms with Crippen molar-refractivity contribution in [2.75, 3.05) is 6.26 Å². The topological polar surface area (TPSA) is 29.5 Å². The minimum atomic E-state index is -0.0362. The van der Waals surface area contributed by atoms with Crippen molar-refractivity contribution >= 4 is 27.7 Å². The average molecular weight is 325 g/mol. The number of rotatable bonds is 4. The van der Waals surface area contributed by atoms with E-state index < -0.39 is 0 Å². The fourth-order valence-corrected chi connectivity index (χ4v) is 2.27. The molecule has 0 radical (unpaired) electrons. The van der Waals surface area contributed by atoms with Crippen LogP contribution in [-0.4, -0.2) is 11.4 Å². The highest BCUT2D eigenvalue weighted by Gasteiger charge is 2.05. The minimum absolute atomic E-state index is 0.0362. The normalized spacial score (nSPS) is 10.4. The van der Waals surface area contributed by atoms with Gasteiger partial charge >= 0.3 is 0 Å². The third-order valence-electron chi connectivity index (χ3n) is 2.49. The highest BCUT2D eigenvalue weighted by molar-refractivity contribution is 9.10. The number of hydrogen-bond acceptors (Lipinski definition) is 3. The molecule has 2 nitrogen and oxygen atoms in total. The molecule has 0 saturated heterocycles. The number of benzene rings is 2. The van der Waals surface area contributed by atoms with Crippen LogP contribution in [-0.2, 0) is 6.61 Å². The smallest absolute Gasteiger partial charge is 0.134 e. The second-order valence-corrected chi connectivity index (χ2v) is 5.48. The standard InChI is InChI=1S/C14H13BrO2S/c1-18-13-6-4-12(5-7-13)17-14-8-11(15)3-2-10(14)9-16/h2-8,16H,9H2,1H3. The van der Waals surface area contributed by atoms with Crippen molar-refractivity contribution in [2.24, 2.45) is 0 Å². The molecular weight excluding hydrogens is 312 g/mol. The van der Waals surface area contributed by atoms with Gasteiger partial charge in [-0.25, -0.2) is 0 Å². The lowest BCUT2D eigenvalue weighted by molar-refractivity contribution is 0.276. The fraction of sp³-hybridized carbons (Fsp3) is 0.143. The van der Waals surface area contributed by atoms with Crippen LogP contribution in [0, 0.1) is 0 Å². The molecule has 0 spiro atoms. The minimum Gasteiger partial charge on any atom is -0.457 e. The summed E-state index contributed by atoms with van der Waals surface area (Å²) in [5.74, 6) is 1.43. The maximum absolute atomic E-state index is 9.27. The molecule has 0 aliphatic rings. The second-order valence-electron chi connectivity index (χ2n) is 3.69. The summed E-state index contributed by atoms with van der Waals surface area (Å²) < 4.78 is 6.71. The van der Waals surface area contributed by atoms with Crippen LogP contribution in [0.4, 0.5) is 0 Å². The van der Waals surface area contributed by atoms with Crippen molar-refractivity contribution in [1.29, 1.82) is 0 Å². The van der Waals surface area contributed by atoms with Gasteiger partial charge in [0.25, 0.3) is 0 Å². The predicted octanol–water partition coefficient (Wildman–Crippen LogP) is 4.46. The van der Waals surface area contributed by atoms with E-state index in [1.807, 2.05) is 48.7 Å². The Morgan fingerprint density at radius 2 is 1.89 bits per heavy atom. The molecule has 94 valence electrons. The van der Waals surface area contributed by atoms with Crippen LogP contribution < -0.4 is 4.74 Å². The summed E-state index contributed by atoms with van der Waals surface area (Å²) in [7, 11) is 0. The monoisotopic (exact) mass is 324 g/mol. The molecule has 2 aromatic carbocycles. The molecule has 2 rings (SSSR count). The van der Waals surface area contributed by atoms with Gasteiger partial charge < -0.3 is 9.84 Å². The number of aliphatic hydroxyl groups excluding tert-OH is 1. The first-order valence-electron chi connectivity index (χ1n) is 5.44. The molecule has 0 saturated carbocycles. The van der Waals surface area contributed by atoms with Gasteiger partial charge in [0.1, 0.15) is 11.5 Å². The van der Waals surface area contributed by atoms with Crippen molar-refractivity contribution in [2.45, 2.75) is 11.5 Å². The van der Waals surface area contributed by atoms with Crippen molar-refractivity contribution in [3.63, 3.8) is 0 Å². The molecule has 0 atom stereocenters. The van der Waals surface area contributed by atoms with Gasteiger partial charge in [0, 0.05) is 14.9 Å². The Hall–Kier alpha value is -0.970. The molecule has 0 aliphatic carbocycles. The Morgan fingerprint density at radius 1 is 1.17 bits per heavy atom. The summed E-state index contributed by atoms with van der Waals surface area (Å²) in [5, 5.41) is 9.27. The van der Waals surface area contributed by atoms with Gasteiger partial charge in [0.15, 0.2) is 0 Å². The SMILES string of the molecule is CSc1ccc(Oc2cc(Br)ccc2CO)cc1. The second kappa shape index (κ2) is 6.27. The summed E-state index contributed by atoms with van der Waals surface area (Å²) in [6.45, 7) is -0.0362. The number of aliphatic hydroxyl groups is 1. The van der Waals surface area contributed by atoms with Gasteiger partial charge in [-0.1, -0.05) is 22.0 Å². The van der Waals surface area contributed by atoms with Crippen molar-refractivity contribution in [3.8, 4) is 11.5 Å². The van der Waals surface area contributed by atoms with Crippen LogP contribution in [0.2, 0.25) is 0 Å². The van der Waals surface area contributed by atoms with E-state index >= 15 is 0 Å². The predicted molar refractivity (Wildman–Crippen MR) is 78.4 cm³/mol. The van der Waals surface area contributed by atoms with Gasteiger partial charge in [0.05, 0.1) is 6.61 Å². The molecule has 0 aromatic heterocycles. The van der Waals surface area contributed by atoms with Crippen LogP contribution in [0.15, 0.2) is 51.8 Å². The Morgan fingerprint density at radius 3 is 2.50 bits per heavy atom. The molecule has 0 aliphatic heterocycles. The molecule has 18 heavy (non-hydrogen) atoms. The molecule has 0 bridgehead atoms. The van der Waals surface area contributed by atoms with Crippen LogP contribution in [0.3, 0.4) is 0 Å². The highest BCUT2D eigenvalue weighted by atomic mass is 79.9. The zero-order valence-electron chi connectivity index (χ0n) is 9.89. The highest BCUT2D eigenvalue weighted by Crippen LogP contribution is 2.29. The van der Waals surface area contributed by atoms with E-state index in [0.717, 1.165) is 15.8 Å². The number of halogens is 1. The summed E-state index contributed by atoms with van der Waals surface area (Å²) in [5.41, 5.74) is 0.771. The van der Waals surface area contributed by atoms with Crippen LogP contribution >= 0.6 is 27.7 Å². The van der Waals surface area contributed by atoms with Crippen LogP contribution in [0.1, 0.15) is 5.56 Å². The number of hydrogen-bond donors (Lipinski definition) is 1. The lowest BCUT2D eigenvalue weighted by Crippen LogP contribution is -1.91. The fourth-order valence-electron chi connectivity index (χ4n) is 1.52. The van der Waals surface area contributed by atoms with Crippen LogP contribution in [0.5, 0.6) is 11.5 Å². The van der Waals surface area contributed by atoms with Gasteiger partial charge in [-0.2, -0.15) is 0 Å². The molecule has 1 N–H and O–H groups in total. The molecule has 0 amide bonds. The van der Waals surface area contributed by atoms with Crippen molar-refractivity contribution < 1.29 is 9.84 Å². The molecule has 4 heteroatoms. The van der Waals surface area contributed by atoms with Crippen LogP contribution in [0.25, 0.3) is 0 Å². The maximum atomic E-state index is 9.27. The molecule has 2 aromatic rings. The number of ether oxygens (including phenoxy) is 1. The van der Waals surface area contributed by atoms with Gasteiger partial charge in [-0.15, -0.1) is 11.8 Å². The third-order valence-corrected chi connectivity index (χ3v) is 3.72. The quantitative estimate of drug-likeness (QED) is 0.842. The summed E-state index contributed by atoms with van der Waals surface area (Å²) in [6.07, 6.45) is 2.04. The molecule has 0 unspecified atom stereocenters. The Bertz CT molecular complexity index is 526. The Kier molecular flexibility index (Phi) is 4.69. The van der Waals surface area contributed by atoms with Gasteiger partial charge in [-0.05, 0) is 42.7 Å². The van der Waals surface area contributed by atoms with Gasteiger partial charge in [-0.3, -0.25) is 0 Å². The van der Waals surface area contributed by atoms with Gasteiger partial charge in [0.2, 0.25) is 0 Å².